The monoisotopic (exact) mass is 462 g/mol. The van der Waals surface area contributed by atoms with Crippen molar-refractivity contribution in [3.8, 4) is 6.07 Å². The van der Waals surface area contributed by atoms with E-state index in [1.165, 1.54) is 12.1 Å². The first-order valence-corrected chi connectivity index (χ1v) is 8.79. The molecule has 1 aromatic rings. The smallest absolute Gasteiger partial charge is 0.194 e. The fraction of sp³-hybridized carbons (Fsp3) is 0.529. The van der Waals surface area contributed by atoms with Gasteiger partial charge in [0.05, 0.1) is 18.2 Å². The van der Waals surface area contributed by atoms with Crippen LogP contribution in [0.2, 0.25) is 0 Å². The van der Waals surface area contributed by atoms with E-state index in [0.717, 1.165) is 31.3 Å². The van der Waals surface area contributed by atoms with Gasteiger partial charge >= 0.3 is 0 Å². The Labute approximate surface area is 164 Å². The van der Waals surface area contributed by atoms with E-state index in [9.17, 15) is 4.39 Å². The van der Waals surface area contributed by atoms with Gasteiger partial charge in [0.2, 0.25) is 0 Å². The number of benzene rings is 1. The van der Waals surface area contributed by atoms with Gasteiger partial charge in [0.25, 0.3) is 0 Å². The van der Waals surface area contributed by atoms with Gasteiger partial charge < -0.3 is 10.2 Å². The Morgan fingerprint density at radius 1 is 1.50 bits per heavy atom. The van der Waals surface area contributed by atoms with Crippen LogP contribution in [-0.2, 0) is 6.54 Å². The maximum absolute atomic E-state index is 13.9. The van der Waals surface area contributed by atoms with Crippen molar-refractivity contribution in [1.82, 2.24) is 10.2 Å². The number of halogens is 2. The van der Waals surface area contributed by atoms with E-state index < -0.39 is 0 Å². The molecule has 132 valence electrons. The molecule has 0 amide bonds. The van der Waals surface area contributed by atoms with Crippen molar-refractivity contribution in [3.05, 3.63) is 35.1 Å². The van der Waals surface area contributed by atoms with E-state index in [1.807, 2.05) is 24.8 Å². The van der Waals surface area contributed by atoms with E-state index in [1.54, 1.807) is 6.07 Å². The molecule has 0 saturated carbocycles. The van der Waals surface area contributed by atoms with Crippen LogP contribution in [-0.4, -0.2) is 41.0 Å². The highest BCUT2D eigenvalue weighted by molar-refractivity contribution is 14.0. The number of thioether (sulfide) groups is 1. The molecule has 0 unspecified atom stereocenters. The molecule has 0 spiro atoms. The minimum absolute atomic E-state index is 0. The quantitative estimate of drug-likeness (QED) is 0.424. The van der Waals surface area contributed by atoms with Gasteiger partial charge in [0, 0.05) is 35.7 Å². The van der Waals surface area contributed by atoms with Crippen molar-refractivity contribution in [2.45, 2.75) is 32.1 Å². The molecule has 1 N–H and O–H groups in total. The minimum atomic E-state index is -0.321. The summed E-state index contributed by atoms with van der Waals surface area (Å²) in [6, 6.07) is 6.42. The molecule has 0 atom stereocenters. The van der Waals surface area contributed by atoms with E-state index in [2.05, 4.69) is 29.1 Å². The van der Waals surface area contributed by atoms with Gasteiger partial charge in [-0.3, -0.25) is 0 Å². The maximum Gasteiger partial charge on any atom is 0.194 e. The van der Waals surface area contributed by atoms with Crippen LogP contribution >= 0.6 is 35.7 Å². The van der Waals surface area contributed by atoms with Crippen LogP contribution in [0.15, 0.2) is 23.2 Å². The molecule has 0 bridgehead atoms. The van der Waals surface area contributed by atoms with E-state index in [-0.39, 0.29) is 41.1 Å². The SMILES string of the molecule is CCNC(=NCc1cc(C#N)ccc1F)N1CCSC(C)(C)C1.I. The topological polar surface area (TPSA) is 51.4 Å². The van der Waals surface area contributed by atoms with E-state index in [4.69, 9.17) is 5.26 Å². The third-order valence-electron chi connectivity index (χ3n) is 3.63. The summed E-state index contributed by atoms with van der Waals surface area (Å²) < 4.78 is 14.1. The van der Waals surface area contributed by atoms with Crippen LogP contribution < -0.4 is 5.32 Å². The van der Waals surface area contributed by atoms with Crippen molar-refractivity contribution in [1.29, 1.82) is 5.26 Å². The van der Waals surface area contributed by atoms with E-state index >= 15 is 0 Å². The zero-order valence-electron chi connectivity index (χ0n) is 14.3. The molecule has 0 aromatic heterocycles. The normalized spacial score (nSPS) is 17.0. The van der Waals surface area contributed by atoms with Crippen LogP contribution in [0.1, 0.15) is 31.9 Å². The van der Waals surface area contributed by atoms with Gasteiger partial charge in [-0.05, 0) is 39.0 Å². The number of guanidine groups is 1. The lowest BCUT2D eigenvalue weighted by Crippen LogP contribution is -2.50. The molecule has 0 radical (unpaired) electrons. The number of hydrogen-bond donors (Lipinski definition) is 1. The average Bonchev–Trinajstić information content (AvgIpc) is 2.51. The molecular weight excluding hydrogens is 438 g/mol. The Bertz CT molecular complexity index is 628. The number of rotatable bonds is 3. The molecule has 4 nitrogen and oxygen atoms in total. The lowest BCUT2D eigenvalue weighted by molar-refractivity contribution is 0.375. The highest BCUT2D eigenvalue weighted by Gasteiger charge is 2.28. The molecule has 24 heavy (non-hydrogen) atoms. The number of hydrogen-bond acceptors (Lipinski definition) is 3. The molecule has 1 fully saturated rings. The molecule has 1 aliphatic heterocycles. The lowest BCUT2D eigenvalue weighted by atomic mass is 10.1. The van der Waals surface area contributed by atoms with Gasteiger partial charge in [0.1, 0.15) is 5.82 Å². The summed E-state index contributed by atoms with van der Waals surface area (Å²) in [5.74, 6) is 1.54. The summed E-state index contributed by atoms with van der Waals surface area (Å²) in [5, 5.41) is 12.2. The number of aliphatic imine (C=N–C) groups is 1. The van der Waals surface area contributed by atoms with Crippen molar-refractivity contribution >= 4 is 41.7 Å². The van der Waals surface area contributed by atoms with Crippen LogP contribution in [0.25, 0.3) is 0 Å². The zero-order chi connectivity index (χ0) is 16.9. The van der Waals surface area contributed by atoms with Gasteiger partial charge in [-0.25, -0.2) is 9.38 Å². The summed E-state index contributed by atoms with van der Waals surface area (Å²) >= 11 is 1.96. The second-order valence-electron chi connectivity index (χ2n) is 6.12. The van der Waals surface area contributed by atoms with Gasteiger partial charge in [-0.2, -0.15) is 17.0 Å². The first kappa shape index (κ1) is 21.0. The van der Waals surface area contributed by atoms with Crippen molar-refractivity contribution in [2.75, 3.05) is 25.4 Å². The standard InChI is InChI=1S/C17H23FN4S.HI/c1-4-20-16(22-7-8-23-17(2,3)12-22)21-11-14-9-13(10-19)5-6-15(14)18;/h5-6,9H,4,7-8,11-12H2,1-3H3,(H,20,21);1H. The van der Waals surface area contributed by atoms with Gasteiger partial charge in [-0.1, -0.05) is 0 Å². The highest BCUT2D eigenvalue weighted by Crippen LogP contribution is 2.29. The summed E-state index contributed by atoms with van der Waals surface area (Å²) in [5.41, 5.74) is 0.905. The number of nitriles is 1. The van der Waals surface area contributed by atoms with Crippen LogP contribution in [0.5, 0.6) is 0 Å². The predicted molar refractivity (Wildman–Crippen MR) is 109 cm³/mol. The molecule has 1 heterocycles. The largest absolute Gasteiger partial charge is 0.357 e. The van der Waals surface area contributed by atoms with Gasteiger partial charge in [0.15, 0.2) is 5.96 Å². The molecule has 1 saturated heterocycles. The first-order chi connectivity index (χ1) is 10.9. The van der Waals surface area contributed by atoms with Crippen molar-refractivity contribution in [3.63, 3.8) is 0 Å². The fourth-order valence-electron chi connectivity index (χ4n) is 2.55. The molecule has 7 heteroatoms. The fourth-order valence-corrected chi connectivity index (χ4v) is 3.66. The number of nitrogens with zero attached hydrogens (tertiary/aromatic N) is 3. The Kier molecular flexibility index (Phi) is 8.30. The second kappa shape index (κ2) is 9.47. The van der Waals surface area contributed by atoms with E-state index in [0.29, 0.717) is 11.1 Å². The summed E-state index contributed by atoms with van der Waals surface area (Å²) in [7, 11) is 0. The highest BCUT2D eigenvalue weighted by atomic mass is 127. The Morgan fingerprint density at radius 3 is 2.88 bits per heavy atom. The minimum Gasteiger partial charge on any atom is -0.357 e. The van der Waals surface area contributed by atoms with Crippen molar-refractivity contribution in [2.24, 2.45) is 4.99 Å². The van der Waals surface area contributed by atoms with Crippen molar-refractivity contribution < 1.29 is 4.39 Å². The summed E-state index contributed by atoms with van der Waals surface area (Å²) in [4.78, 5) is 6.81. The van der Waals surface area contributed by atoms with Crippen LogP contribution in [0.3, 0.4) is 0 Å². The third kappa shape index (κ3) is 5.81. The maximum atomic E-state index is 13.9. The molecular formula is C17H24FIN4S. The first-order valence-electron chi connectivity index (χ1n) is 7.81. The van der Waals surface area contributed by atoms with Crippen LogP contribution in [0.4, 0.5) is 4.39 Å². The number of nitrogens with one attached hydrogen (secondary N) is 1. The Morgan fingerprint density at radius 2 is 2.25 bits per heavy atom. The molecule has 1 aliphatic rings. The molecule has 1 aromatic carbocycles. The summed E-state index contributed by atoms with van der Waals surface area (Å²) in [6.07, 6.45) is 0. The average molecular weight is 462 g/mol. The molecule has 2 rings (SSSR count). The van der Waals surface area contributed by atoms with Gasteiger partial charge in [-0.15, -0.1) is 24.0 Å². The van der Waals surface area contributed by atoms with Crippen LogP contribution in [0, 0.1) is 17.1 Å². The Hall–Kier alpha value is -1.01. The lowest BCUT2D eigenvalue weighted by Gasteiger charge is -2.39. The Balaban J connectivity index is 0.00000288. The third-order valence-corrected chi connectivity index (χ3v) is 4.93. The predicted octanol–water partition coefficient (Wildman–Crippen LogP) is 3.61. The summed E-state index contributed by atoms with van der Waals surface area (Å²) in [6.45, 7) is 9.31. The second-order valence-corrected chi connectivity index (χ2v) is 7.92. The zero-order valence-corrected chi connectivity index (χ0v) is 17.5. The molecule has 0 aliphatic carbocycles.